The van der Waals surface area contributed by atoms with Crippen LogP contribution in [0.4, 0.5) is 4.39 Å². The van der Waals surface area contributed by atoms with Gasteiger partial charge in [0, 0.05) is 25.5 Å². The summed E-state index contributed by atoms with van der Waals surface area (Å²) in [6, 6.07) is 6.43. The highest BCUT2D eigenvalue weighted by atomic mass is 19.1. The van der Waals surface area contributed by atoms with Crippen LogP contribution < -0.4 is 5.32 Å². The molecule has 2 rings (SSSR count). The number of methoxy groups -OCH3 is 1. The number of nitrogens with one attached hydrogen (secondary N) is 1. The van der Waals surface area contributed by atoms with Gasteiger partial charge < -0.3 is 10.1 Å². The van der Waals surface area contributed by atoms with E-state index in [1.807, 2.05) is 19.2 Å². The number of hydrogen-bond acceptors (Lipinski definition) is 4. The second kappa shape index (κ2) is 6.95. The third kappa shape index (κ3) is 3.86. The molecule has 0 bridgehead atoms. The van der Waals surface area contributed by atoms with Crippen LogP contribution in [0.3, 0.4) is 0 Å². The molecular formula is C16H17FN2O2. The number of carbonyl (C=O) groups is 1. The summed E-state index contributed by atoms with van der Waals surface area (Å²) in [7, 11) is 1.23. The number of aromatic nitrogens is 1. The van der Waals surface area contributed by atoms with Crippen LogP contribution in [0.2, 0.25) is 0 Å². The first kappa shape index (κ1) is 15.1. The van der Waals surface area contributed by atoms with Crippen LogP contribution in [0.5, 0.6) is 0 Å². The average Bonchev–Trinajstić information content (AvgIpc) is 2.48. The number of benzene rings is 1. The predicted molar refractivity (Wildman–Crippen MR) is 77.3 cm³/mol. The minimum Gasteiger partial charge on any atom is -0.465 e. The van der Waals surface area contributed by atoms with Crippen LogP contribution >= 0.6 is 0 Å². The van der Waals surface area contributed by atoms with Crippen molar-refractivity contribution in [2.75, 3.05) is 7.11 Å². The molecule has 2 aromatic rings. The zero-order chi connectivity index (χ0) is 15.2. The summed E-state index contributed by atoms with van der Waals surface area (Å²) in [6.07, 6.45) is 3.56. The summed E-state index contributed by atoms with van der Waals surface area (Å²) < 4.78 is 18.3. The zero-order valence-electron chi connectivity index (χ0n) is 12.0. The maximum absolute atomic E-state index is 13.8. The first-order valence-electron chi connectivity index (χ1n) is 6.58. The van der Waals surface area contributed by atoms with Gasteiger partial charge in [0.05, 0.1) is 12.7 Å². The molecule has 0 amide bonds. The second-order valence-corrected chi connectivity index (χ2v) is 4.71. The van der Waals surface area contributed by atoms with Crippen molar-refractivity contribution in [2.24, 2.45) is 0 Å². The lowest BCUT2D eigenvalue weighted by atomic mass is 10.1. The molecule has 0 atom stereocenters. The molecule has 0 aliphatic carbocycles. The maximum Gasteiger partial charge on any atom is 0.340 e. The van der Waals surface area contributed by atoms with Gasteiger partial charge in [-0.3, -0.25) is 4.98 Å². The third-order valence-electron chi connectivity index (χ3n) is 3.23. The lowest BCUT2D eigenvalue weighted by molar-refractivity contribution is 0.0595. The fourth-order valence-corrected chi connectivity index (χ4v) is 1.97. The van der Waals surface area contributed by atoms with Gasteiger partial charge in [-0.1, -0.05) is 6.07 Å². The number of aryl methyl sites for hydroxylation is 1. The van der Waals surface area contributed by atoms with Crippen LogP contribution in [-0.4, -0.2) is 18.1 Å². The molecule has 1 N–H and O–H groups in total. The molecular weight excluding hydrogens is 271 g/mol. The standard InChI is InChI=1S/C16H17FN2O2/c1-11-5-6-18-9-13(11)10-19-8-12-3-4-14(15(17)7-12)16(20)21-2/h3-7,9,19H,8,10H2,1-2H3. The summed E-state index contributed by atoms with van der Waals surface area (Å²) >= 11 is 0. The van der Waals surface area contributed by atoms with Gasteiger partial charge in [0.15, 0.2) is 0 Å². The minimum atomic E-state index is -0.669. The Labute approximate surface area is 123 Å². The number of ether oxygens (including phenoxy) is 1. The zero-order valence-corrected chi connectivity index (χ0v) is 12.0. The van der Waals surface area contributed by atoms with E-state index in [0.29, 0.717) is 13.1 Å². The SMILES string of the molecule is COC(=O)c1ccc(CNCc2cnccc2C)cc1F. The molecule has 0 spiro atoms. The maximum atomic E-state index is 13.8. The first-order chi connectivity index (χ1) is 10.1. The van der Waals surface area contributed by atoms with Crippen molar-refractivity contribution in [1.82, 2.24) is 10.3 Å². The Kier molecular flexibility index (Phi) is 5.00. The topological polar surface area (TPSA) is 51.2 Å². The Balaban J connectivity index is 1.97. The molecule has 110 valence electrons. The van der Waals surface area contributed by atoms with Gasteiger partial charge in [0.1, 0.15) is 5.82 Å². The van der Waals surface area contributed by atoms with Gasteiger partial charge in [-0.25, -0.2) is 9.18 Å². The molecule has 5 heteroatoms. The first-order valence-corrected chi connectivity index (χ1v) is 6.58. The van der Waals surface area contributed by atoms with Gasteiger partial charge >= 0.3 is 5.97 Å². The number of hydrogen-bond donors (Lipinski definition) is 1. The smallest absolute Gasteiger partial charge is 0.340 e. The lowest BCUT2D eigenvalue weighted by Gasteiger charge is -2.08. The molecule has 0 aliphatic heterocycles. The molecule has 1 aromatic heterocycles. The van der Waals surface area contributed by atoms with E-state index in [0.717, 1.165) is 16.7 Å². The highest BCUT2D eigenvalue weighted by Crippen LogP contribution is 2.12. The quantitative estimate of drug-likeness (QED) is 0.859. The van der Waals surface area contributed by atoms with Crippen molar-refractivity contribution in [2.45, 2.75) is 20.0 Å². The van der Waals surface area contributed by atoms with Crippen LogP contribution in [0, 0.1) is 12.7 Å². The molecule has 1 aromatic carbocycles. The molecule has 1 heterocycles. The van der Waals surface area contributed by atoms with E-state index >= 15 is 0 Å². The molecule has 0 saturated heterocycles. The molecule has 0 saturated carbocycles. The molecule has 0 unspecified atom stereocenters. The predicted octanol–water partition coefficient (Wildman–Crippen LogP) is 2.61. The van der Waals surface area contributed by atoms with E-state index in [1.54, 1.807) is 12.3 Å². The van der Waals surface area contributed by atoms with Crippen molar-refractivity contribution >= 4 is 5.97 Å². The molecule has 21 heavy (non-hydrogen) atoms. The summed E-state index contributed by atoms with van der Waals surface area (Å²) in [6.45, 7) is 3.18. The number of nitrogens with zero attached hydrogens (tertiary/aromatic N) is 1. The Hall–Kier alpha value is -2.27. The van der Waals surface area contributed by atoms with Gasteiger partial charge in [0.2, 0.25) is 0 Å². The van der Waals surface area contributed by atoms with Gasteiger partial charge in [-0.2, -0.15) is 0 Å². The number of halogens is 1. The van der Waals surface area contributed by atoms with E-state index in [2.05, 4.69) is 15.0 Å². The average molecular weight is 288 g/mol. The Morgan fingerprint density at radius 3 is 2.81 bits per heavy atom. The fourth-order valence-electron chi connectivity index (χ4n) is 1.97. The summed E-state index contributed by atoms with van der Waals surface area (Å²) in [5, 5.41) is 3.23. The highest BCUT2D eigenvalue weighted by molar-refractivity contribution is 5.89. The second-order valence-electron chi connectivity index (χ2n) is 4.71. The Bertz CT molecular complexity index is 644. The monoisotopic (exact) mass is 288 g/mol. The Morgan fingerprint density at radius 2 is 2.14 bits per heavy atom. The van der Waals surface area contributed by atoms with E-state index < -0.39 is 11.8 Å². The van der Waals surface area contributed by atoms with E-state index in [-0.39, 0.29) is 5.56 Å². The van der Waals surface area contributed by atoms with E-state index in [4.69, 9.17) is 0 Å². The van der Waals surface area contributed by atoms with E-state index in [1.165, 1.54) is 19.2 Å². The Morgan fingerprint density at radius 1 is 1.33 bits per heavy atom. The molecule has 0 aliphatic rings. The number of esters is 1. The molecule has 4 nitrogen and oxygen atoms in total. The molecule has 0 fully saturated rings. The van der Waals surface area contributed by atoms with Crippen molar-refractivity contribution < 1.29 is 13.9 Å². The highest BCUT2D eigenvalue weighted by Gasteiger charge is 2.12. The van der Waals surface area contributed by atoms with Gasteiger partial charge in [-0.05, 0) is 41.8 Å². The van der Waals surface area contributed by atoms with E-state index in [9.17, 15) is 9.18 Å². The van der Waals surface area contributed by atoms with Crippen LogP contribution in [0.1, 0.15) is 27.0 Å². The normalized spacial score (nSPS) is 10.4. The van der Waals surface area contributed by atoms with Crippen molar-refractivity contribution in [3.8, 4) is 0 Å². The number of carbonyl (C=O) groups excluding carboxylic acids is 1. The minimum absolute atomic E-state index is 0.0515. The van der Waals surface area contributed by atoms with Crippen molar-refractivity contribution in [3.05, 3.63) is 64.7 Å². The summed E-state index contributed by atoms with van der Waals surface area (Å²) in [5.41, 5.74) is 2.97. The van der Waals surface area contributed by atoms with Crippen molar-refractivity contribution in [3.63, 3.8) is 0 Å². The largest absolute Gasteiger partial charge is 0.465 e. The fraction of sp³-hybridized carbons (Fsp3) is 0.250. The van der Waals surface area contributed by atoms with Crippen LogP contribution in [-0.2, 0) is 17.8 Å². The molecule has 0 radical (unpaired) electrons. The lowest BCUT2D eigenvalue weighted by Crippen LogP contribution is -2.14. The summed E-state index contributed by atoms with van der Waals surface area (Å²) in [4.78, 5) is 15.4. The van der Waals surface area contributed by atoms with Gasteiger partial charge in [-0.15, -0.1) is 0 Å². The number of rotatable bonds is 5. The van der Waals surface area contributed by atoms with Crippen LogP contribution in [0.15, 0.2) is 36.7 Å². The summed E-state index contributed by atoms with van der Waals surface area (Å²) in [5.74, 6) is -1.24. The van der Waals surface area contributed by atoms with Gasteiger partial charge in [0.25, 0.3) is 0 Å². The van der Waals surface area contributed by atoms with Crippen LogP contribution in [0.25, 0.3) is 0 Å². The third-order valence-corrected chi connectivity index (χ3v) is 3.23. The van der Waals surface area contributed by atoms with Crippen molar-refractivity contribution in [1.29, 1.82) is 0 Å². The number of pyridine rings is 1.